The number of hydrogen-bond donors (Lipinski definition) is 1. The summed E-state index contributed by atoms with van der Waals surface area (Å²) in [4.78, 5) is 2.48. The fourth-order valence-electron chi connectivity index (χ4n) is 1.94. The molecular formula is C10H16N2. The minimum absolute atomic E-state index is 0.539. The minimum atomic E-state index is 0.539. The zero-order valence-electron chi connectivity index (χ0n) is 7.70. The molecular weight excluding hydrogens is 148 g/mol. The predicted molar refractivity (Wildman–Crippen MR) is 50.8 cm³/mol. The van der Waals surface area contributed by atoms with Crippen LogP contribution in [0.25, 0.3) is 0 Å². The van der Waals surface area contributed by atoms with Crippen molar-refractivity contribution in [2.24, 2.45) is 0 Å². The average Bonchev–Trinajstić information content (AvgIpc) is 2.47. The van der Waals surface area contributed by atoms with E-state index in [-0.39, 0.29) is 0 Å². The van der Waals surface area contributed by atoms with Gasteiger partial charge in [0.05, 0.1) is 0 Å². The van der Waals surface area contributed by atoms with Crippen LogP contribution < -0.4 is 5.32 Å². The van der Waals surface area contributed by atoms with E-state index >= 15 is 0 Å². The molecule has 1 fully saturated rings. The summed E-state index contributed by atoms with van der Waals surface area (Å²) in [6.45, 7) is 5.51. The molecule has 1 heterocycles. The highest BCUT2D eigenvalue weighted by Gasteiger charge is 2.32. The standard InChI is InChI=1S/C10H16N2/c1-8(2)12-7-11-9-5-3-4-6-10(9)12/h3-6,8-11H,7H2,1-2H3. The molecule has 0 saturated carbocycles. The van der Waals surface area contributed by atoms with Gasteiger partial charge in [-0.15, -0.1) is 0 Å². The van der Waals surface area contributed by atoms with Crippen LogP contribution in [-0.4, -0.2) is 29.7 Å². The van der Waals surface area contributed by atoms with Crippen molar-refractivity contribution in [3.8, 4) is 0 Å². The van der Waals surface area contributed by atoms with Crippen LogP contribution in [0.2, 0.25) is 0 Å². The number of fused-ring (bicyclic) bond motifs is 1. The van der Waals surface area contributed by atoms with Crippen molar-refractivity contribution in [1.29, 1.82) is 0 Å². The molecule has 66 valence electrons. The fraction of sp³-hybridized carbons (Fsp3) is 0.600. The number of nitrogens with one attached hydrogen (secondary N) is 1. The van der Waals surface area contributed by atoms with E-state index in [1.54, 1.807) is 0 Å². The monoisotopic (exact) mass is 164 g/mol. The topological polar surface area (TPSA) is 15.3 Å². The second kappa shape index (κ2) is 3.04. The Morgan fingerprint density at radius 1 is 1.33 bits per heavy atom. The second-order valence-corrected chi connectivity index (χ2v) is 3.76. The average molecular weight is 164 g/mol. The first-order chi connectivity index (χ1) is 5.79. The molecule has 2 rings (SSSR count). The van der Waals surface area contributed by atoms with Crippen molar-refractivity contribution in [3.05, 3.63) is 24.3 Å². The summed E-state index contributed by atoms with van der Waals surface area (Å²) in [6.07, 6.45) is 8.79. The predicted octanol–water partition coefficient (Wildman–Crippen LogP) is 1.12. The first-order valence-corrected chi connectivity index (χ1v) is 4.63. The van der Waals surface area contributed by atoms with Crippen molar-refractivity contribution in [3.63, 3.8) is 0 Å². The molecule has 12 heavy (non-hydrogen) atoms. The zero-order valence-corrected chi connectivity index (χ0v) is 7.70. The number of nitrogens with zero attached hydrogens (tertiary/aromatic N) is 1. The van der Waals surface area contributed by atoms with Crippen LogP contribution >= 0.6 is 0 Å². The summed E-state index contributed by atoms with van der Waals surface area (Å²) in [5.74, 6) is 0. The Labute approximate surface area is 73.9 Å². The Bertz CT molecular complexity index is 218. The highest BCUT2D eigenvalue weighted by molar-refractivity contribution is 5.22. The largest absolute Gasteiger partial charge is 0.296 e. The molecule has 0 aromatic rings. The molecule has 2 aliphatic rings. The van der Waals surface area contributed by atoms with Gasteiger partial charge in [0.1, 0.15) is 0 Å². The SMILES string of the molecule is CC(C)N1CNC2C=CC=CC21. The van der Waals surface area contributed by atoms with Gasteiger partial charge in [0.2, 0.25) is 0 Å². The van der Waals surface area contributed by atoms with Crippen molar-refractivity contribution >= 4 is 0 Å². The maximum absolute atomic E-state index is 3.48. The third-order valence-corrected chi connectivity index (χ3v) is 2.66. The molecule has 1 aliphatic carbocycles. The van der Waals surface area contributed by atoms with Gasteiger partial charge in [-0.3, -0.25) is 10.2 Å². The van der Waals surface area contributed by atoms with Crippen LogP contribution in [0, 0.1) is 0 Å². The van der Waals surface area contributed by atoms with Crippen LogP contribution in [0.3, 0.4) is 0 Å². The Morgan fingerprint density at radius 2 is 2.08 bits per heavy atom. The van der Waals surface area contributed by atoms with Crippen molar-refractivity contribution in [1.82, 2.24) is 10.2 Å². The number of rotatable bonds is 1. The summed E-state index contributed by atoms with van der Waals surface area (Å²) < 4.78 is 0. The summed E-state index contributed by atoms with van der Waals surface area (Å²) in [7, 11) is 0. The first-order valence-electron chi connectivity index (χ1n) is 4.63. The van der Waals surface area contributed by atoms with Gasteiger partial charge >= 0.3 is 0 Å². The van der Waals surface area contributed by atoms with E-state index < -0.39 is 0 Å². The Kier molecular flexibility index (Phi) is 2.03. The van der Waals surface area contributed by atoms with E-state index in [4.69, 9.17) is 0 Å². The van der Waals surface area contributed by atoms with Gasteiger partial charge in [0.15, 0.2) is 0 Å². The number of hydrogen-bond acceptors (Lipinski definition) is 2. The first kappa shape index (κ1) is 8.02. The van der Waals surface area contributed by atoms with Crippen molar-refractivity contribution in [2.75, 3.05) is 6.67 Å². The third-order valence-electron chi connectivity index (χ3n) is 2.66. The van der Waals surface area contributed by atoms with Gasteiger partial charge in [0, 0.05) is 24.8 Å². The Hall–Kier alpha value is -0.600. The van der Waals surface area contributed by atoms with Crippen LogP contribution in [0.15, 0.2) is 24.3 Å². The third kappa shape index (κ3) is 1.21. The van der Waals surface area contributed by atoms with Crippen LogP contribution in [0.5, 0.6) is 0 Å². The molecule has 2 heteroatoms. The van der Waals surface area contributed by atoms with Crippen molar-refractivity contribution in [2.45, 2.75) is 32.0 Å². The van der Waals surface area contributed by atoms with Crippen LogP contribution in [-0.2, 0) is 0 Å². The molecule has 1 saturated heterocycles. The van der Waals surface area contributed by atoms with Gasteiger partial charge in [-0.25, -0.2) is 0 Å². The Balaban J connectivity index is 2.13. The summed E-state index contributed by atoms with van der Waals surface area (Å²) in [5.41, 5.74) is 0. The highest BCUT2D eigenvalue weighted by Crippen LogP contribution is 2.19. The zero-order chi connectivity index (χ0) is 8.55. The van der Waals surface area contributed by atoms with Gasteiger partial charge < -0.3 is 0 Å². The van der Waals surface area contributed by atoms with Crippen molar-refractivity contribution < 1.29 is 0 Å². The maximum Gasteiger partial charge on any atom is 0.0494 e. The highest BCUT2D eigenvalue weighted by atomic mass is 15.3. The number of allylic oxidation sites excluding steroid dienone is 2. The lowest BCUT2D eigenvalue weighted by molar-refractivity contribution is 0.229. The summed E-state index contributed by atoms with van der Waals surface area (Å²) >= 11 is 0. The van der Waals surface area contributed by atoms with E-state index in [1.807, 2.05) is 0 Å². The molecule has 0 bridgehead atoms. The lowest BCUT2D eigenvalue weighted by atomic mass is 10.0. The second-order valence-electron chi connectivity index (χ2n) is 3.76. The molecule has 0 aromatic heterocycles. The van der Waals surface area contributed by atoms with Gasteiger partial charge in [0.25, 0.3) is 0 Å². The Morgan fingerprint density at radius 3 is 2.83 bits per heavy atom. The van der Waals surface area contributed by atoms with E-state index in [0.29, 0.717) is 18.1 Å². The molecule has 2 nitrogen and oxygen atoms in total. The van der Waals surface area contributed by atoms with Crippen LogP contribution in [0.4, 0.5) is 0 Å². The lowest BCUT2D eigenvalue weighted by Crippen LogP contribution is -2.38. The smallest absolute Gasteiger partial charge is 0.0494 e. The van der Waals surface area contributed by atoms with E-state index in [2.05, 4.69) is 48.4 Å². The molecule has 0 spiro atoms. The fourth-order valence-corrected chi connectivity index (χ4v) is 1.94. The van der Waals surface area contributed by atoms with Gasteiger partial charge in [-0.2, -0.15) is 0 Å². The molecule has 0 amide bonds. The molecule has 0 radical (unpaired) electrons. The summed E-state index contributed by atoms with van der Waals surface area (Å²) in [5, 5.41) is 3.48. The summed E-state index contributed by atoms with van der Waals surface area (Å²) in [6, 6.07) is 1.75. The molecule has 2 atom stereocenters. The minimum Gasteiger partial charge on any atom is -0.296 e. The van der Waals surface area contributed by atoms with Gasteiger partial charge in [-0.1, -0.05) is 24.3 Å². The molecule has 0 aromatic carbocycles. The normalized spacial score (nSPS) is 34.6. The lowest BCUT2D eigenvalue weighted by Gasteiger charge is -2.27. The van der Waals surface area contributed by atoms with Gasteiger partial charge in [-0.05, 0) is 13.8 Å². The van der Waals surface area contributed by atoms with E-state index in [9.17, 15) is 0 Å². The quantitative estimate of drug-likeness (QED) is 0.625. The molecule has 1 N–H and O–H groups in total. The van der Waals surface area contributed by atoms with E-state index in [1.165, 1.54) is 0 Å². The maximum atomic E-state index is 3.48. The van der Waals surface area contributed by atoms with E-state index in [0.717, 1.165) is 6.67 Å². The molecule has 2 unspecified atom stereocenters. The van der Waals surface area contributed by atoms with Crippen LogP contribution in [0.1, 0.15) is 13.8 Å². The molecule has 1 aliphatic heterocycles.